The van der Waals surface area contributed by atoms with Crippen molar-refractivity contribution in [3.05, 3.63) is 28.8 Å². The van der Waals surface area contributed by atoms with E-state index in [9.17, 15) is 5.11 Å². The summed E-state index contributed by atoms with van der Waals surface area (Å²) in [5.41, 5.74) is 3.44. The summed E-state index contributed by atoms with van der Waals surface area (Å²) in [5.74, 6) is 0.817. The van der Waals surface area contributed by atoms with Gasteiger partial charge in [0.2, 0.25) is 0 Å². The van der Waals surface area contributed by atoms with Gasteiger partial charge in [-0.25, -0.2) is 0 Å². The number of hydrogen-bond donors (Lipinski definition) is 1. The third-order valence-corrected chi connectivity index (χ3v) is 2.27. The fourth-order valence-corrected chi connectivity index (χ4v) is 1.29. The second-order valence-corrected chi connectivity index (χ2v) is 3.65. The van der Waals surface area contributed by atoms with Gasteiger partial charge in [0, 0.05) is 0 Å². The third kappa shape index (κ3) is 3.16. The zero-order chi connectivity index (χ0) is 9.30. The van der Waals surface area contributed by atoms with Crippen LogP contribution in [-0.2, 0) is 0 Å². The molecular weight excluding hydrogens is 188 g/mol. The van der Waals surface area contributed by atoms with Crippen LogP contribution in [0.5, 0.6) is 5.75 Å². The first kappa shape index (κ1) is 13.3. The summed E-state index contributed by atoms with van der Waals surface area (Å²) < 4.78 is 0. The summed E-state index contributed by atoms with van der Waals surface area (Å²) in [5, 5.41) is 9.59. The number of hydrogen-bond acceptors (Lipinski definition) is 1. The number of phenolic OH excluding ortho intramolecular Hbond substituents is 1. The van der Waals surface area contributed by atoms with Crippen LogP contribution in [-0.4, -0.2) is 42.8 Å². The summed E-state index contributed by atoms with van der Waals surface area (Å²) in [6.07, 6.45) is 0. The Bertz CT molecular complexity index is 301. The molecule has 1 nitrogen and oxygen atoms in total. The van der Waals surface area contributed by atoms with Crippen LogP contribution < -0.4 is 0 Å². The van der Waals surface area contributed by atoms with Crippen LogP contribution in [0.1, 0.15) is 39.3 Å². The minimum absolute atomic E-state index is 0. The quantitative estimate of drug-likeness (QED) is 0.700. The molecule has 0 heterocycles. The maximum Gasteiger partial charge on any atom is 2.00 e. The largest absolute Gasteiger partial charge is 2.00 e. The van der Waals surface area contributed by atoms with E-state index in [1.165, 1.54) is 5.56 Å². The number of phenols is 1. The first-order valence-electron chi connectivity index (χ1n) is 4.32. The van der Waals surface area contributed by atoms with Gasteiger partial charge in [0.25, 0.3) is 0 Å². The van der Waals surface area contributed by atoms with Crippen molar-refractivity contribution in [3.63, 3.8) is 0 Å². The van der Waals surface area contributed by atoms with Gasteiger partial charge in [-0.2, -0.15) is 0 Å². The molecule has 0 fully saturated rings. The molecule has 0 unspecified atom stereocenters. The minimum atomic E-state index is 0. The number of aryl methyl sites for hydroxylation is 2. The van der Waals surface area contributed by atoms with Crippen molar-refractivity contribution in [2.75, 3.05) is 0 Å². The molecular formula is C11H18CaO. The van der Waals surface area contributed by atoms with Crippen LogP contribution in [0.4, 0.5) is 0 Å². The van der Waals surface area contributed by atoms with Crippen LogP contribution in [0, 0.1) is 13.8 Å². The summed E-state index contributed by atoms with van der Waals surface area (Å²) in [6.45, 7) is 8.26. The van der Waals surface area contributed by atoms with E-state index in [-0.39, 0.29) is 40.6 Å². The third-order valence-electron chi connectivity index (χ3n) is 2.27. The fourth-order valence-electron chi connectivity index (χ4n) is 1.29. The Morgan fingerprint density at radius 1 is 1.15 bits per heavy atom. The average Bonchev–Trinajstić information content (AvgIpc) is 1.96. The van der Waals surface area contributed by atoms with Gasteiger partial charge in [0.05, 0.1) is 0 Å². The van der Waals surface area contributed by atoms with Crippen molar-refractivity contribution in [1.29, 1.82) is 0 Å². The molecule has 0 aliphatic heterocycles. The molecule has 1 aromatic carbocycles. The molecule has 70 valence electrons. The predicted molar refractivity (Wildman–Crippen MR) is 59.6 cm³/mol. The van der Waals surface area contributed by atoms with Crippen molar-refractivity contribution in [2.45, 2.75) is 33.6 Å². The van der Waals surface area contributed by atoms with Gasteiger partial charge in [-0.05, 0) is 42.5 Å². The Kier molecular flexibility index (Phi) is 5.35. The summed E-state index contributed by atoms with van der Waals surface area (Å²) >= 11 is 0. The van der Waals surface area contributed by atoms with Crippen molar-refractivity contribution >= 4 is 37.7 Å². The molecule has 1 N–H and O–H groups in total. The summed E-state index contributed by atoms with van der Waals surface area (Å²) in [6, 6.07) is 3.90. The van der Waals surface area contributed by atoms with E-state index < -0.39 is 0 Å². The second-order valence-electron chi connectivity index (χ2n) is 3.65. The minimum Gasteiger partial charge on any atom is -1.00 e. The van der Waals surface area contributed by atoms with E-state index in [1.54, 1.807) is 0 Å². The molecule has 13 heavy (non-hydrogen) atoms. The van der Waals surface area contributed by atoms with Crippen molar-refractivity contribution < 1.29 is 7.96 Å². The Hall–Kier alpha value is 0.280. The molecule has 0 aliphatic rings. The van der Waals surface area contributed by atoms with Crippen molar-refractivity contribution in [2.24, 2.45) is 0 Å². The Labute approximate surface area is 113 Å². The first-order valence-corrected chi connectivity index (χ1v) is 4.32. The van der Waals surface area contributed by atoms with Gasteiger partial charge in [-0.1, -0.05) is 19.9 Å². The van der Waals surface area contributed by atoms with Crippen molar-refractivity contribution in [3.8, 4) is 5.75 Å². The predicted octanol–water partition coefficient (Wildman–Crippen LogP) is 2.98. The van der Waals surface area contributed by atoms with E-state index in [1.807, 2.05) is 13.0 Å². The van der Waals surface area contributed by atoms with Crippen LogP contribution >= 0.6 is 0 Å². The molecule has 0 aliphatic carbocycles. The van der Waals surface area contributed by atoms with E-state index in [2.05, 4.69) is 26.8 Å². The first-order chi connectivity index (χ1) is 5.52. The zero-order valence-corrected chi connectivity index (χ0v) is 11.1. The Balaban J connectivity index is -0.000000480. The number of aromatic hydroxyl groups is 1. The van der Waals surface area contributed by atoms with E-state index >= 15 is 0 Å². The van der Waals surface area contributed by atoms with E-state index in [0.717, 1.165) is 11.1 Å². The fraction of sp³-hybridized carbons (Fsp3) is 0.455. The van der Waals surface area contributed by atoms with E-state index in [0.29, 0.717) is 11.7 Å². The summed E-state index contributed by atoms with van der Waals surface area (Å²) in [7, 11) is 0. The van der Waals surface area contributed by atoms with Gasteiger partial charge < -0.3 is 7.96 Å². The summed E-state index contributed by atoms with van der Waals surface area (Å²) in [4.78, 5) is 0. The van der Waals surface area contributed by atoms with Gasteiger partial charge in [0.1, 0.15) is 5.75 Å². The molecule has 0 saturated carbocycles. The zero-order valence-electron chi connectivity index (χ0n) is 10.9. The average molecular weight is 206 g/mol. The van der Waals surface area contributed by atoms with Gasteiger partial charge in [-0.3, -0.25) is 0 Å². The molecule has 0 amide bonds. The maximum atomic E-state index is 9.59. The van der Waals surface area contributed by atoms with Gasteiger partial charge in [0.15, 0.2) is 0 Å². The molecule has 0 spiro atoms. The molecule has 2 heteroatoms. The topological polar surface area (TPSA) is 20.2 Å². The van der Waals surface area contributed by atoms with Gasteiger partial charge in [-0.15, -0.1) is 0 Å². The number of rotatable bonds is 1. The van der Waals surface area contributed by atoms with Crippen LogP contribution in [0.3, 0.4) is 0 Å². The molecule has 0 bridgehead atoms. The molecule has 0 saturated heterocycles. The van der Waals surface area contributed by atoms with Crippen molar-refractivity contribution in [1.82, 2.24) is 0 Å². The van der Waals surface area contributed by atoms with E-state index in [4.69, 9.17) is 0 Å². The molecule has 1 rings (SSSR count). The number of benzene rings is 1. The standard InChI is InChI=1S/C11H16O.Ca.2H/c1-7(2)10-5-8(3)9(4)6-11(10)12;;;/h5-7,12H,1-4H3;;;/q;+2;2*-1. The van der Waals surface area contributed by atoms with Crippen LogP contribution in [0.2, 0.25) is 0 Å². The Morgan fingerprint density at radius 2 is 1.62 bits per heavy atom. The van der Waals surface area contributed by atoms with Crippen LogP contribution in [0.25, 0.3) is 0 Å². The van der Waals surface area contributed by atoms with Crippen LogP contribution in [0.15, 0.2) is 12.1 Å². The normalized spacial score (nSPS) is 9.92. The van der Waals surface area contributed by atoms with Gasteiger partial charge >= 0.3 is 37.7 Å². The molecule has 1 aromatic rings. The SMILES string of the molecule is Cc1cc(O)c(C(C)C)cc1C.[Ca+2].[H-].[H-]. The maximum absolute atomic E-state index is 9.59. The molecule has 0 aromatic heterocycles. The second kappa shape index (κ2) is 5.23. The smallest absolute Gasteiger partial charge is 1.00 e. The monoisotopic (exact) mass is 206 g/mol. The Morgan fingerprint density at radius 3 is 2.08 bits per heavy atom. The molecule has 0 atom stereocenters. The molecule has 0 radical (unpaired) electrons.